The zero-order valence-electron chi connectivity index (χ0n) is 21.2. The Kier molecular flexibility index (Phi) is 8.34. The topological polar surface area (TPSA) is 74.2 Å². The SMILES string of the molecule is CC[Si](CC)(CC)/C(I)=C1/C[C@@H](C(=O)OC)N=C(C(=O)OCC2c3ccccc3-c3ccccc32)O1. The van der Waals surface area contributed by atoms with Gasteiger partial charge in [-0.1, -0.05) is 110 Å². The van der Waals surface area contributed by atoms with Crippen molar-refractivity contribution in [2.24, 2.45) is 4.99 Å². The zero-order valence-corrected chi connectivity index (χ0v) is 24.3. The molecular weight excluding hydrogens is 585 g/mol. The highest BCUT2D eigenvalue weighted by Crippen LogP contribution is 2.44. The number of ether oxygens (including phenoxy) is 3. The van der Waals surface area contributed by atoms with Gasteiger partial charge in [0.2, 0.25) is 0 Å². The van der Waals surface area contributed by atoms with Crippen molar-refractivity contribution >= 4 is 48.5 Å². The Hall–Kier alpha value is -2.46. The van der Waals surface area contributed by atoms with Gasteiger partial charge in [-0.2, -0.15) is 0 Å². The van der Waals surface area contributed by atoms with E-state index in [-0.39, 0.29) is 18.4 Å². The van der Waals surface area contributed by atoms with Gasteiger partial charge in [0.15, 0.2) is 6.04 Å². The van der Waals surface area contributed by atoms with Crippen LogP contribution in [-0.2, 0) is 23.8 Å². The second-order valence-corrected chi connectivity index (χ2v) is 16.5. The molecule has 1 aliphatic heterocycles. The van der Waals surface area contributed by atoms with Crippen LogP contribution in [0, 0.1) is 0 Å². The maximum Gasteiger partial charge on any atom is 0.394 e. The molecule has 0 fully saturated rings. The monoisotopic (exact) mass is 617 g/mol. The van der Waals surface area contributed by atoms with Crippen LogP contribution in [0.25, 0.3) is 11.1 Å². The van der Waals surface area contributed by atoms with Gasteiger partial charge in [-0.15, -0.1) is 0 Å². The molecule has 0 unspecified atom stereocenters. The van der Waals surface area contributed by atoms with E-state index in [0.29, 0.717) is 12.2 Å². The molecule has 0 bridgehead atoms. The first-order valence-corrected chi connectivity index (χ1v) is 16.2. The van der Waals surface area contributed by atoms with Crippen LogP contribution < -0.4 is 0 Å². The quantitative estimate of drug-likeness (QED) is 0.195. The molecule has 190 valence electrons. The molecule has 6 nitrogen and oxygen atoms in total. The summed E-state index contributed by atoms with van der Waals surface area (Å²) in [5.41, 5.74) is 4.58. The Labute approximate surface area is 227 Å². The van der Waals surface area contributed by atoms with Crippen LogP contribution in [0.3, 0.4) is 0 Å². The number of methoxy groups -OCH3 is 1. The van der Waals surface area contributed by atoms with Crippen molar-refractivity contribution in [1.29, 1.82) is 0 Å². The van der Waals surface area contributed by atoms with E-state index in [1.165, 1.54) is 7.11 Å². The average molecular weight is 618 g/mol. The largest absolute Gasteiger partial charge is 0.467 e. The Bertz CT molecular complexity index is 1170. The lowest BCUT2D eigenvalue weighted by atomic mass is 9.98. The Morgan fingerprint density at radius 1 is 1.00 bits per heavy atom. The number of fused-ring (bicyclic) bond motifs is 3. The van der Waals surface area contributed by atoms with E-state index in [1.807, 2.05) is 24.3 Å². The minimum atomic E-state index is -1.78. The summed E-state index contributed by atoms with van der Waals surface area (Å²) >= 11 is 2.36. The fourth-order valence-electron chi connectivity index (χ4n) is 5.22. The van der Waals surface area contributed by atoms with Gasteiger partial charge in [-0.3, -0.25) is 0 Å². The number of aliphatic imine (C=N–C) groups is 1. The number of hydrogen-bond acceptors (Lipinski definition) is 6. The van der Waals surface area contributed by atoms with E-state index < -0.39 is 26.1 Å². The molecule has 1 atom stereocenters. The zero-order chi connectivity index (χ0) is 25.9. The molecular formula is C28H32INO5Si. The van der Waals surface area contributed by atoms with Crippen molar-refractivity contribution in [2.75, 3.05) is 13.7 Å². The van der Waals surface area contributed by atoms with Crippen LogP contribution in [-0.4, -0.2) is 45.7 Å². The van der Waals surface area contributed by atoms with Crippen LogP contribution in [0.15, 0.2) is 62.5 Å². The molecule has 2 aromatic rings. The van der Waals surface area contributed by atoms with E-state index in [0.717, 1.165) is 43.6 Å². The molecule has 8 heteroatoms. The van der Waals surface area contributed by atoms with Gasteiger partial charge in [0.05, 0.1) is 15.2 Å². The lowest BCUT2D eigenvalue weighted by Crippen LogP contribution is -2.37. The highest BCUT2D eigenvalue weighted by atomic mass is 127. The van der Waals surface area contributed by atoms with Gasteiger partial charge in [-0.05, 0) is 22.3 Å². The van der Waals surface area contributed by atoms with E-state index >= 15 is 0 Å². The highest BCUT2D eigenvalue weighted by molar-refractivity contribution is 14.1. The second kappa shape index (κ2) is 11.3. The average Bonchev–Trinajstić information content (AvgIpc) is 3.25. The summed E-state index contributed by atoms with van der Waals surface area (Å²) in [6, 6.07) is 18.7. The molecule has 0 saturated heterocycles. The Morgan fingerprint density at radius 3 is 2.08 bits per heavy atom. The van der Waals surface area contributed by atoms with Gasteiger partial charge < -0.3 is 14.2 Å². The maximum atomic E-state index is 13.2. The number of esters is 2. The third-order valence-electron chi connectivity index (χ3n) is 7.60. The number of carbonyl (C=O) groups is 2. The molecule has 0 radical (unpaired) electrons. The number of hydrogen-bond donors (Lipinski definition) is 0. The molecule has 2 aliphatic rings. The molecule has 36 heavy (non-hydrogen) atoms. The van der Waals surface area contributed by atoms with Crippen molar-refractivity contribution in [3.8, 4) is 11.1 Å². The number of rotatable bonds is 8. The fraction of sp³-hybridized carbons (Fsp3) is 0.393. The summed E-state index contributed by atoms with van der Waals surface area (Å²) in [5.74, 6) is -0.740. The summed E-state index contributed by atoms with van der Waals surface area (Å²) in [4.78, 5) is 30.0. The molecule has 0 aromatic heterocycles. The predicted molar refractivity (Wildman–Crippen MR) is 152 cm³/mol. The van der Waals surface area contributed by atoms with Crippen LogP contribution in [0.1, 0.15) is 44.2 Å². The van der Waals surface area contributed by atoms with Crippen molar-refractivity contribution in [3.63, 3.8) is 0 Å². The summed E-state index contributed by atoms with van der Waals surface area (Å²) in [7, 11) is -0.453. The standard InChI is InChI=1S/C28H32INO5Si/c1-5-36(6-2,7-3)25(29)24-16-23(27(31)33-4)30-26(35-24)28(32)34-17-22-20-14-10-8-12-18(20)19-13-9-11-15-21(19)22/h8-15,22-23H,5-7,16-17H2,1-4H3/b25-24-/t23-/m0/s1. The molecule has 2 aromatic carbocycles. The molecule has 0 saturated carbocycles. The first-order chi connectivity index (χ1) is 17.4. The minimum absolute atomic E-state index is 0.0718. The Balaban J connectivity index is 1.60. The Morgan fingerprint density at radius 2 is 1.56 bits per heavy atom. The van der Waals surface area contributed by atoms with Crippen molar-refractivity contribution < 1.29 is 23.8 Å². The third kappa shape index (κ3) is 4.89. The van der Waals surface area contributed by atoms with Crippen LogP contribution in [0.4, 0.5) is 0 Å². The lowest BCUT2D eigenvalue weighted by molar-refractivity contribution is -0.142. The van der Waals surface area contributed by atoms with Crippen molar-refractivity contribution in [3.05, 3.63) is 68.6 Å². The minimum Gasteiger partial charge on any atom is -0.467 e. The first-order valence-electron chi connectivity index (χ1n) is 12.5. The fourth-order valence-corrected chi connectivity index (χ4v) is 12.2. The molecule has 4 rings (SSSR count). The number of nitrogens with zero attached hydrogens (tertiary/aromatic N) is 1. The van der Waals surface area contributed by atoms with Crippen molar-refractivity contribution in [1.82, 2.24) is 0 Å². The van der Waals surface area contributed by atoms with E-state index in [9.17, 15) is 9.59 Å². The van der Waals surface area contributed by atoms with Crippen LogP contribution >= 0.6 is 22.6 Å². The molecule has 1 aliphatic carbocycles. The predicted octanol–water partition coefficient (Wildman–Crippen LogP) is 6.40. The van der Waals surface area contributed by atoms with Crippen LogP contribution in [0.2, 0.25) is 18.1 Å². The van der Waals surface area contributed by atoms with E-state index in [4.69, 9.17) is 14.2 Å². The summed E-state index contributed by atoms with van der Waals surface area (Å²) in [5, 5.41) is 0. The molecule has 0 amide bonds. The van der Waals surface area contributed by atoms with Gasteiger partial charge in [0, 0.05) is 15.5 Å². The van der Waals surface area contributed by atoms with Gasteiger partial charge in [0.1, 0.15) is 12.4 Å². The normalized spacial score (nSPS) is 18.5. The third-order valence-corrected chi connectivity index (χ3v) is 16.9. The molecule has 1 heterocycles. The summed E-state index contributed by atoms with van der Waals surface area (Å²) in [6.45, 7) is 6.78. The van der Waals surface area contributed by atoms with E-state index in [1.54, 1.807) is 0 Å². The molecule has 0 N–H and O–H groups in total. The summed E-state index contributed by atoms with van der Waals surface area (Å²) in [6.07, 6.45) is 0.292. The van der Waals surface area contributed by atoms with E-state index in [2.05, 4.69) is 72.6 Å². The molecule has 0 spiro atoms. The second-order valence-electron chi connectivity index (χ2n) is 9.18. The number of carbonyl (C=O) groups excluding carboxylic acids is 2. The van der Waals surface area contributed by atoms with Gasteiger partial charge in [0.25, 0.3) is 0 Å². The van der Waals surface area contributed by atoms with Gasteiger partial charge >= 0.3 is 17.8 Å². The maximum absolute atomic E-state index is 13.2. The smallest absolute Gasteiger partial charge is 0.394 e. The lowest BCUT2D eigenvalue weighted by Gasteiger charge is -2.31. The highest BCUT2D eigenvalue weighted by Gasteiger charge is 2.39. The van der Waals surface area contributed by atoms with Crippen LogP contribution in [0.5, 0.6) is 0 Å². The van der Waals surface area contributed by atoms with Gasteiger partial charge in [-0.25, -0.2) is 14.6 Å². The first kappa shape index (κ1) is 26.6. The summed E-state index contributed by atoms with van der Waals surface area (Å²) < 4.78 is 18.0. The van der Waals surface area contributed by atoms with Crippen molar-refractivity contribution in [2.45, 2.75) is 57.3 Å². The number of halogens is 1. The number of benzene rings is 2.